The maximum atomic E-state index is 12.1. The van der Waals surface area contributed by atoms with Gasteiger partial charge in [-0.1, -0.05) is 57.5 Å². The molecule has 0 aliphatic heterocycles. The van der Waals surface area contributed by atoms with Crippen molar-refractivity contribution in [3.8, 4) is 0 Å². The smallest absolute Gasteiger partial charge is 0.250 e. The van der Waals surface area contributed by atoms with E-state index in [0.717, 1.165) is 10.0 Å². The molecule has 1 N–H and O–H groups in total. The fourth-order valence-electron chi connectivity index (χ4n) is 3.56. The number of nitrogens with zero attached hydrogens (tertiary/aromatic N) is 2. The average molecular weight is 469 g/mol. The van der Waals surface area contributed by atoms with Gasteiger partial charge in [-0.05, 0) is 41.8 Å². The molecule has 0 bridgehead atoms. The highest BCUT2D eigenvalue weighted by atomic mass is 79.9. The van der Waals surface area contributed by atoms with Gasteiger partial charge in [0.05, 0.1) is 12.3 Å². The largest absolute Gasteiger partial charge is 0.411 e. The number of pyridine rings is 1. The molecule has 0 fully saturated rings. The molecule has 0 aliphatic rings. The summed E-state index contributed by atoms with van der Waals surface area (Å²) in [4.78, 5) is 12.1. The Morgan fingerprint density at radius 1 is 1.13 bits per heavy atom. The Morgan fingerprint density at radius 3 is 2.53 bits per heavy atom. The van der Waals surface area contributed by atoms with E-state index in [2.05, 4.69) is 52.3 Å². The Hall–Kier alpha value is -2.70. The van der Waals surface area contributed by atoms with Crippen LogP contribution in [0.4, 0.5) is 0 Å². The lowest BCUT2D eigenvalue weighted by Gasteiger charge is -2.21. The van der Waals surface area contributed by atoms with E-state index in [-0.39, 0.29) is 11.5 Å². The van der Waals surface area contributed by atoms with Crippen LogP contribution in [0, 0.1) is 6.92 Å². The third-order valence-electron chi connectivity index (χ3n) is 5.21. The van der Waals surface area contributed by atoms with Gasteiger partial charge in [0.15, 0.2) is 0 Å². The lowest BCUT2D eigenvalue weighted by Crippen LogP contribution is -2.23. The number of ether oxygens (including phenoxy) is 1. The molecule has 1 aromatic heterocycles. The molecule has 30 heavy (non-hydrogen) atoms. The van der Waals surface area contributed by atoms with Crippen molar-refractivity contribution in [1.82, 2.24) is 4.57 Å². The van der Waals surface area contributed by atoms with Crippen LogP contribution in [-0.4, -0.2) is 29.2 Å². The van der Waals surface area contributed by atoms with E-state index in [0.29, 0.717) is 30.8 Å². The van der Waals surface area contributed by atoms with Crippen LogP contribution in [0.2, 0.25) is 0 Å². The number of halogens is 1. The summed E-state index contributed by atoms with van der Waals surface area (Å²) in [6, 6.07) is 19.6. The number of aromatic nitrogens is 1. The van der Waals surface area contributed by atoms with Gasteiger partial charge in [-0.2, -0.15) is 0 Å². The fraction of sp³-hybridized carbons (Fsp3) is 0.250. The van der Waals surface area contributed by atoms with Crippen LogP contribution < -0.4 is 5.56 Å². The molecule has 0 amide bonds. The van der Waals surface area contributed by atoms with Gasteiger partial charge >= 0.3 is 0 Å². The number of oxime groups is 1. The van der Waals surface area contributed by atoms with Crippen molar-refractivity contribution >= 4 is 21.6 Å². The van der Waals surface area contributed by atoms with Crippen molar-refractivity contribution in [3.05, 3.63) is 104 Å². The summed E-state index contributed by atoms with van der Waals surface area (Å²) in [7, 11) is 1.60. The molecule has 5 nitrogen and oxygen atoms in total. The molecule has 3 aromatic rings. The standard InChI is InChI=1S/C24H25BrN2O3/c1-17-5-3-4-6-21(17)22(18-7-10-20(25)11-8-18)15-23(26-29)19-9-12-24(28)27(16-19)13-14-30-2/h3-12,16,22,29H,13-15H2,1-2H3. The Kier molecular flexibility index (Phi) is 7.60. The van der Waals surface area contributed by atoms with Gasteiger partial charge in [0.25, 0.3) is 5.56 Å². The lowest BCUT2D eigenvalue weighted by molar-refractivity contribution is 0.186. The highest BCUT2D eigenvalue weighted by Crippen LogP contribution is 2.32. The molecule has 3 rings (SSSR count). The van der Waals surface area contributed by atoms with Crippen LogP contribution in [0.3, 0.4) is 0 Å². The number of methoxy groups -OCH3 is 1. The Balaban J connectivity index is 2.00. The number of hydrogen-bond acceptors (Lipinski definition) is 4. The predicted molar refractivity (Wildman–Crippen MR) is 123 cm³/mol. The Bertz CT molecular complexity index is 1070. The van der Waals surface area contributed by atoms with Crippen molar-refractivity contribution in [3.63, 3.8) is 0 Å². The summed E-state index contributed by atoms with van der Waals surface area (Å²) < 4.78 is 7.67. The second kappa shape index (κ2) is 10.4. The third-order valence-corrected chi connectivity index (χ3v) is 5.74. The summed E-state index contributed by atoms with van der Waals surface area (Å²) in [6.07, 6.45) is 2.22. The van der Waals surface area contributed by atoms with Crippen LogP contribution in [-0.2, 0) is 11.3 Å². The predicted octanol–water partition coefficient (Wildman–Crippen LogP) is 4.97. The second-order valence-corrected chi connectivity index (χ2v) is 8.07. The molecule has 2 aromatic carbocycles. The SMILES string of the molecule is COCCn1cc(C(CC(c2ccc(Br)cc2)c2ccccc2C)=NO)ccc1=O. The minimum Gasteiger partial charge on any atom is -0.411 e. The Morgan fingerprint density at radius 2 is 1.87 bits per heavy atom. The van der Waals surface area contributed by atoms with Crippen LogP contribution in [0.1, 0.15) is 34.6 Å². The molecule has 0 saturated carbocycles. The normalized spacial score (nSPS) is 12.7. The molecule has 0 spiro atoms. The van der Waals surface area contributed by atoms with E-state index >= 15 is 0 Å². The van der Waals surface area contributed by atoms with Crippen LogP contribution in [0.25, 0.3) is 0 Å². The molecule has 0 radical (unpaired) electrons. The maximum Gasteiger partial charge on any atom is 0.250 e. The molecule has 6 heteroatoms. The van der Waals surface area contributed by atoms with Crippen LogP contribution >= 0.6 is 15.9 Å². The second-order valence-electron chi connectivity index (χ2n) is 7.15. The van der Waals surface area contributed by atoms with Gasteiger partial charge in [0.1, 0.15) is 0 Å². The number of hydrogen-bond donors (Lipinski definition) is 1. The number of benzene rings is 2. The summed E-state index contributed by atoms with van der Waals surface area (Å²) in [5.74, 6) is 0.00422. The molecule has 1 heterocycles. The summed E-state index contributed by atoms with van der Waals surface area (Å²) in [5, 5.41) is 13.4. The van der Waals surface area contributed by atoms with Gasteiger partial charge in [0, 0.05) is 48.3 Å². The topological polar surface area (TPSA) is 63.8 Å². The molecular formula is C24H25BrN2O3. The highest BCUT2D eigenvalue weighted by Gasteiger charge is 2.20. The monoisotopic (exact) mass is 468 g/mol. The van der Waals surface area contributed by atoms with Crippen molar-refractivity contribution in [2.24, 2.45) is 5.16 Å². The van der Waals surface area contributed by atoms with E-state index < -0.39 is 0 Å². The van der Waals surface area contributed by atoms with E-state index in [4.69, 9.17) is 4.74 Å². The number of aryl methyl sites for hydroxylation is 1. The summed E-state index contributed by atoms with van der Waals surface area (Å²) in [5.41, 5.74) is 4.60. The van der Waals surface area contributed by atoms with Gasteiger partial charge in [-0.3, -0.25) is 4.79 Å². The minimum atomic E-state index is -0.114. The van der Waals surface area contributed by atoms with Gasteiger partial charge in [-0.25, -0.2) is 0 Å². The van der Waals surface area contributed by atoms with Gasteiger partial charge in [0.2, 0.25) is 0 Å². The third kappa shape index (κ3) is 5.26. The van der Waals surface area contributed by atoms with Gasteiger partial charge < -0.3 is 14.5 Å². The average Bonchev–Trinajstić information content (AvgIpc) is 2.76. The molecule has 156 valence electrons. The molecule has 0 aliphatic carbocycles. The maximum absolute atomic E-state index is 12.1. The number of rotatable bonds is 8. The zero-order valence-electron chi connectivity index (χ0n) is 17.1. The van der Waals surface area contributed by atoms with Crippen LogP contribution in [0.15, 0.2) is 81.3 Å². The quantitative estimate of drug-likeness (QED) is 0.288. The highest BCUT2D eigenvalue weighted by molar-refractivity contribution is 9.10. The van der Waals surface area contributed by atoms with Gasteiger partial charge in [-0.15, -0.1) is 0 Å². The molecule has 1 unspecified atom stereocenters. The lowest BCUT2D eigenvalue weighted by atomic mass is 9.83. The summed E-state index contributed by atoms with van der Waals surface area (Å²) >= 11 is 3.50. The zero-order valence-corrected chi connectivity index (χ0v) is 18.7. The first-order chi connectivity index (χ1) is 14.5. The fourth-order valence-corrected chi connectivity index (χ4v) is 3.82. The van der Waals surface area contributed by atoms with E-state index in [9.17, 15) is 10.0 Å². The van der Waals surface area contributed by atoms with Crippen molar-refractivity contribution in [2.45, 2.75) is 25.8 Å². The van der Waals surface area contributed by atoms with Crippen LogP contribution in [0.5, 0.6) is 0 Å². The minimum absolute atomic E-state index is 0.00422. The first kappa shape index (κ1) is 22.0. The Labute approximate surface area is 184 Å². The zero-order chi connectivity index (χ0) is 21.5. The molecule has 0 saturated heterocycles. The van der Waals surface area contributed by atoms with Crippen molar-refractivity contribution in [1.29, 1.82) is 0 Å². The first-order valence-electron chi connectivity index (χ1n) is 9.75. The van der Waals surface area contributed by atoms with E-state index in [1.165, 1.54) is 17.2 Å². The van der Waals surface area contributed by atoms with Crippen molar-refractivity contribution in [2.75, 3.05) is 13.7 Å². The van der Waals surface area contributed by atoms with E-state index in [1.807, 2.05) is 24.3 Å². The molecule has 1 atom stereocenters. The summed E-state index contributed by atoms with van der Waals surface area (Å²) in [6.45, 7) is 2.96. The van der Waals surface area contributed by atoms with Crippen molar-refractivity contribution < 1.29 is 9.94 Å². The first-order valence-corrected chi connectivity index (χ1v) is 10.5. The van der Waals surface area contributed by atoms with E-state index in [1.54, 1.807) is 23.9 Å². The molecular weight excluding hydrogens is 444 g/mol.